The van der Waals surface area contributed by atoms with Crippen molar-refractivity contribution < 1.29 is 212 Å². The highest BCUT2D eigenvalue weighted by Crippen LogP contribution is 2.54. The Morgan fingerprint density at radius 1 is 0.336 bits per heavy atom. The van der Waals surface area contributed by atoms with Crippen LogP contribution >= 0.6 is 0 Å². The van der Waals surface area contributed by atoms with E-state index in [2.05, 4.69) is 26.3 Å². The first-order valence-electron chi connectivity index (χ1n) is 45.3. The van der Waals surface area contributed by atoms with E-state index in [9.17, 15) is 88.8 Å². The lowest BCUT2D eigenvalue weighted by atomic mass is 9.87. The molecule has 0 spiro atoms. The van der Waals surface area contributed by atoms with E-state index >= 15 is 0 Å². The summed E-state index contributed by atoms with van der Waals surface area (Å²) in [6.45, 7) is 16.0. The largest absolute Gasteiger partial charge is 0.509 e. The number of aliphatic hydroxyl groups is 8. The highest BCUT2D eigenvalue weighted by atomic mass is 16.8. The molecule has 0 radical (unpaired) electrons. The maximum absolute atomic E-state index is 13.5. The molecule has 0 aliphatic carbocycles. The van der Waals surface area contributed by atoms with Gasteiger partial charge in [0.25, 0.3) is 0 Å². The third-order valence-electron chi connectivity index (χ3n) is 24.4. The fourth-order valence-electron chi connectivity index (χ4n) is 18.0. The number of hydrogen-bond acceptors (Lipinski definition) is 44. The van der Waals surface area contributed by atoms with Crippen molar-refractivity contribution in [1.29, 1.82) is 0 Å². The normalized spacial score (nSPS) is 21.7. The average Bonchev–Trinajstić information content (AvgIpc) is 1.47. The van der Waals surface area contributed by atoms with E-state index in [-0.39, 0.29) is 106 Å². The first-order valence-corrected chi connectivity index (χ1v) is 45.3. The highest BCUT2D eigenvalue weighted by Gasteiger charge is 2.55. The number of aliphatic hydroxyl groups excluding tert-OH is 8. The van der Waals surface area contributed by atoms with E-state index in [1.54, 1.807) is 91.0 Å². The second-order valence-corrected chi connectivity index (χ2v) is 33.5. The van der Waals surface area contributed by atoms with E-state index in [1.165, 1.54) is 38.2 Å². The number of fused-ring (bicyclic) bond motifs is 9. The number of esters is 6. The molecular weight excluding hydrogens is 1930 g/mol. The number of cyclic esters (lactones) is 3. The van der Waals surface area contributed by atoms with Crippen molar-refractivity contribution in [2.24, 2.45) is 0 Å². The predicted octanol–water partition coefficient (Wildman–Crippen LogP) is 10.0. The van der Waals surface area contributed by atoms with E-state index < -0.39 is 193 Å². The Hall–Kier alpha value is -15.6. The lowest BCUT2D eigenvalue weighted by Crippen LogP contribution is -2.61. The molecule has 9 aliphatic heterocycles. The molecule has 9 aromatic rings. The number of benzene rings is 9. The van der Waals surface area contributed by atoms with Crippen molar-refractivity contribution in [2.75, 3.05) is 53.4 Å². The second-order valence-electron chi connectivity index (χ2n) is 33.5. The van der Waals surface area contributed by atoms with E-state index in [4.69, 9.17) is 123 Å². The van der Waals surface area contributed by atoms with E-state index in [0.29, 0.717) is 145 Å². The number of ether oxygens (including phenoxy) is 26. The van der Waals surface area contributed by atoms with Gasteiger partial charge in [-0.2, -0.15) is 0 Å². The van der Waals surface area contributed by atoms with Crippen molar-refractivity contribution >= 4 is 92.8 Å². The minimum Gasteiger partial charge on any atom is -0.461 e. The van der Waals surface area contributed by atoms with Gasteiger partial charge in [0.05, 0.1) is 75.1 Å². The predicted molar refractivity (Wildman–Crippen MR) is 494 cm³/mol. The maximum atomic E-state index is 13.5. The number of carbonyl (C=O) groups excluding carboxylic acids is 10. The highest BCUT2D eigenvalue weighted by molar-refractivity contribution is 6.16. The third-order valence-corrected chi connectivity index (χ3v) is 24.4. The van der Waals surface area contributed by atoms with Gasteiger partial charge in [-0.25, -0.2) is 33.6 Å². The standard InChI is InChI=1S/C36H34O16.2C33H32O14/c1-4-8-43-35(41)50-27-16-46-34(32(31(27)49-18(3)39)52-36(42)44-9-5-2)51-30-23-11-21(14-38)20(13-37)10-22(23)28(29-24(30)15-45-33(29)40)19-6-7-25-26(12-19)48-17-47-25;1-4-7-40-33(39)47-28-15(2)44-32(27(37)30(28)45-16(3)36)46-29-21-9-19(12-35)18(11-34)8-20(21)25(26-22(29)13-41-31(26)38)17-5-6-23-24(10-17)43-14-42-23;1-4-7-40-33(39)47-30-29(45-16(3)36)27(37)15(2)44-32(30)46-28-21-9-19(12-35)18(11-34)8-20(21)25(26-22(28)13-41-31(26)38)17-5-6-23-24(10-17)43-14-42-23/h4-7,10-12,27,31-32,34,37-38H,1-2,8-9,13-17H2,3H3;4-6,8-10,15,27-28,30,32,34-35,37H,1,7,11-14H2,2-3H3;4-6,8-10,15,27,29-30,32,34-35,37H,1,7,11-14H2,2-3H3/t27-,31+,32-,34?;15-,27-,28-,30-,32?;15-,27-,29+,30-,32?/m111/s1. The number of rotatable bonds is 30. The molecule has 9 aliphatic rings. The Morgan fingerprint density at radius 2 is 0.637 bits per heavy atom. The average molecular weight is 2030 g/mol. The molecule has 146 heavy (non-hydrogen) atoms. The molecule has 3 fully saturated rings. The van der Waals surface area contributed by atoms with Crippen LogP contribution in [0.3, 0.4) is 0 Å². The summed E-state index contributed by atoms with van der Waals surface area (Å²) in [6, 6.07) is 25.2. The first-order chi connectivity index (χ1) is 70.4. The van der Waals surface area contributed by atoms with Gasteiger partial charge >= 0.3 is 60.4 Å². The van der Waals surface area contributed by atoms with E-state index in [1.807, 2.05) is 0 Å². The number of hydrogen-bond donors (Lipinski definition) is 8. The van der Waals surface area contributed by atoms with Crippen LogP contribution in [-0.2, 0) is 154 Å². The van der Waals surface area contributed by atoms with Gasteiger partial charge in [0.15, 0.2) is 71.1 Å². The van der Waals surface area contributed by atoms with Crippen LogP contribution in [0.25, 0.3) is 65.7 Å². The van der Waals surface area contributed by atoms with Crippen LogP contribution in [0.2, 0.25) is 0 Å². The Labute approximate surface area is 828 Å². The third kappa shape index (κ3) is 21.2. The zero-order valence-electron chi connectivity index (χ0n) is 78.7. The smallest absolute Gasteiger partial charge is 0.461 e. The molecule has 9 aromatic carbocycles. The fourth-order valence-corrected chi connectivity index (χ4v) is 18.0. The molecule has 3 unspecified atom stereocenters. The van der Waals surface area contributed by atoms with Crippen molar-refractivity contribution in [3.05, 3.63) is 208 Å². The lowest BCUT2D eigenvalue weighted by molar-refractivity contribution is -0.274. The molecule has 14 atom stereocenters. The quantitative estimate of drug-likeness (QED) is 0.0118. The van der Waals surface area contributed by atoms with Crippen LogP contribution in [0, 0.1) is 0 Å². The minimum atomic E-state index is -1.70. The molecule has 18 rings (SSSR count). The Kier molecular flexibility index (Phi) is 31.9. The van der Waals surface area contributed by atoms with Crippen LogP contribution in [0.1, 0.15) is 116 Å². The topological polar surface area (TPSA) is 573 Å². The van der Waals surface area contributed by atoms with Gasteiger partial charge < -0.3 is 164 Å². The van der Waals surface area contributed by atoms with Crippen molar-refractivity contribution in [1.82, 2.24) is 0 Å². The zero-order chi connectivity index (χ0) is 104. The summed E-state index contributed by atoms with van der Waals surface area (Å²) < 4.78 is 145. The molecule has 0 saturated carbocycles. The summed E-state index contributed by atoms with van der Waals surface area (Å²) in [5.74, 6) is -1.17. The lowest BCUT2D eigenvalue weighted by Gasteiger charge is -2.42. The SMILES string of the molecule is C=CCOC(=O)O[C@@H]1COC(Oc2c3c(c(-c4ccc5c(c4)OCO5)c4cc(CO)c(CO)cc24)C(=O)OC3)[C@H](OC(=O)OCC=C)[C@H]1OC(C)=O.C=CCOC(=O)O[C@H]1C(Oc2c3c(c(-c4ccc5c(c4)OCO5)c4cc(CO)c(CO)cc24)C(=O)OC3)O[C@H](C)[C@@H](O)[C@@H]1OC(C)=O.C=CCOC(=O)O[C@H]1[C@H](OC(C)=O)[C@@H](O)C(Oc2c3c(c(-c4ccc5c(c4)OCO5)c4cc(CO)c(CO)cc24)C(=O)OC3)O[C@@H]1C. The van der Waals surface area contributed by atoms with Gasteiger partial charge in [-0.05, 0) is 153 Å². The zero-order valence-corrected chi connectivity index (χ0v) is 78.7. The fraction of sp³-hybridized carbons (Fsp3) is 0.353. The van der Waals surface area contributed by atoms with Crippen molar-refractivity contribution in [3.8, 4) is 85.1 Å². The van der Waals surface area contributed by atoms with E-state index in [0.717, 1.165) is 20.8 Å². The van der Waals surface area contributed by atoms with Crippen LogP contribution in [0.4, 0.5) is 19.2 Å². The summed E-state index contributed by atoms with van der Waals surface area (Å²) in [7, 11) is 0. The maximum Gasteiger partial charge on any atom is 0.509 e. The van der Waals surface area contributed by atoms with Gasteiger partial charge in [0.2, 0.25) is 51.5 Å². The summed E-state index contributed by atoms with van der Waals surface area (Å²) in [5.41, 5.74) is 6.70. The monoisotopic (exact) mass is 2030 g/mol. The molecule has 3 saturated heterocycles. The van der Waals surface area contributed by atoms with Gasteiger partial charge in [-0.3, -0.25) is 14.4 Å². The molecule has 0 amide bonds. The van der Waals surface area contributed by atoms with Crippen LogP contribution in [-0.4, -0.2) is 241 Å². The summed E-state index contributed by atoms with van der Waals surface area (Å²) in [6.07, 6.45) is -19.3. The first kappa shape index (κ1) is 103. The molecular formula is C102H98O44. The molecule has 0 aromatic heterocycles. The van der Waals surface area contributed by atoms with Gasteiger partial charge in [-0.15, -0.1) is 0 Å². The van der Waals surface area contributed by atoms with Gasteiger partial charge in [0.1, 0.15) is 69.6 Å². The van der Waals surface area contributed by atoms with Crippen LogP contribution in [0.5, 0.6) is 51.7 Å². The van der Waals surface area contributed by atoms with Crippen molar-refractivity contribution in [2.45, 2.75) is 180 Å². The van der Waals surface area contributed by atoms with Crippen LogP contribution in [0.15, 0.2) is 142 Å². The van der Waals surface area contributed by atoms with Crippen LogP contribution < -0.4 is 42.6 Å². The molecule has 770 valence electrons. The molecule has 9 heterocycles. The molecule has 8 N–H and O–H groups in total. The Balaban J connectivity index is 0.000000157. The molecule has 0 bridgehead atoms. The second kappa shape index (κ2) is 45.1. The molecule has 44 heteroatoms. The number of carbonyl (C=O) groups is 10. The summed E-state index contributed by atoms with van der Waals surface area (Å²) in [5, 5.41) is 86.0. The van der Waals surface area contributed by atoms with Gasteiger partial charge in [0, 0.05) is 70.3 Å². The van der Waals surface area contributed by atoms with Gasteiger partial charge in [-0.1, -0.05) is 68.8 Å². The van der Waals surface area contributed by atoms with Crippen molar-refractivity contribution in [3.63, 3.8) is 0 Å². The molecule has 44 nitrogen and oxygen atoms in total. The Morgan fingerprint density at radius 3 is 0.986 bits per heavy atom. The summed E-state index contributed by atoms with van der Waals surface area (Å²) >= 11 is 0. The Bertz CT molecular complexity index is 6650. The minimum absolute atomic E-state index is 0.0168. The summed E-state index contributed by atoms with van der Waals surface area (Å²) in [4.78, 5) is 127.